The first kappa shape index (κ1) is 7.74. The van der Waals surface area contributed by atoms with Crippen LogP contribution in [0.4, 0.5) is 0 Å². The zero-order valence-electron chi connectivity index (χ0n) is 8.26. The van der Waals surface area contributed by atoms with Gasteiger partial charge in [-0.25, -0.2) is 0 Å². The number of ketones is 1. The number of hydrogen-bond acceptors (Lipinski definition) is 2. The Bertz CT molecular complexity index is 342. The van der Waals surface area contributed by atoms with Crippen LogP contribution in [-0.2, 0) is 9.53 Å². The fourth-order valence-corrected chi connectivity index (χ4v) is 3.01. The fraction of sp³-hybridized carbons (Fsp3) is 0.727. The summed E-state index contributed by atoms with van der Waals surface area (Å²) in [5.74, 6) is 0.740. The van der Waals surface area contributed by atoms with Gasteiger partial charge in [-0.2, -0.15) is 0 Å². The maximum atomic E-state index is 11.4. The van der Waals surface area contributed by atoms with Crippen molar-refractivity contribution in [3.63, 3.8) is 0 Å². The average Bonchev–Trinajstić information content (AvgIpc) is 2.81. The predicted octanol–water partition coefficient (Wildman–Crippen LogP) is 1.70. The van der Waals surface area contributed by atoms with Gasteiger partial charge in [0.2, 0.25) is 0 Å². The summed E-state index contributed by atoms with van der Waals surface area (Å²) in [6.45, 7) is 5.90. The lowest BCUT2D eigenvalue weighted by Crippen LogP contribution is -2.21. The summed E-state index contributed by atoms with van der Waals surface area (Å²) < 4.78 is 5.74. The Labute approximate surface area is 78.0 Å². The van der Waals surface area contributed by atoms with Crippen molar-refractivity contribution in [3.8, 4) is 0 Å². The normalized spacial score (nSPS) is 53.6. The molecular formula is C11H14O2. The number of carbonyl (C=O) groups is 1. The van der Waals surface area contributed by atoms with Gasteiger partial charge in [0.05, 0.1) is 11.0 Å². The van der Waals surface area contributed by atoms with Crippen LogP contribution in [0.25, 0.3) is 0 Å². The van der Waals surface area contributed by atoms with Crippen molar-refractivity contribution < 1.29 is 9.53 Å². The molecule has 0 N–H and O–H groups in total. The third-order valence-corrected chi connectivity index (χ3v) is 4.13. The van der Waals surface area contributed by atoms with Gasteiger partial charge in [-0.3, -0.25) is 4.79 Å². The molecule has 0 radical (unpaired) electrons. The van der Waals surface area contributed by atoms with Crippen LogP contribution in [-0.4, -0.2) is 17.0 Å². The van der Waals surface area contributed by atoms with Crippen LogP contribution >= 0.6 is 0 Å². The van der Waals surface area contributed by atoms with Crippen LogP contribution in [0.3, 0.4) is 0 Å². The molecule has 3 unspecified atom stereocenters. The molecule has 0 aromatic rings. The van der Waals surface area contributed by atoms with Crippen molar-refractivity contribution in [2.45, 2.75) is 38.4 Å². The molecule has 2 nitrogen and oxygen atoms in total. The standard InChI is InChI=1S/C11H14O2/c1-7(12)10-4-5-11(8(10)6-10)9(2,3)13-11/h4-5,8H,6H2,1-3H3. The first-order valence-electron chi connectivity index (χ1n) is 4.86. The average molecular weight is 178 g/mol. The van der Waals surface area contributed by atoms with Crippen molar-refractivity contribution in [1.82, 2.24) is 0 Å². The minimum atomic E-state index is -0.131. The monoisotopic (exact) mass is 178 g/mol. The summed E-state index contributed by atoms with van der Waals surface area (Å²) >= 11 is 0. The van der Waals surface area contributed by atoms with Gasteiger partial charge in [-0.05, 0) is 27.2 Å². The van der Waals surface area contributed by atoms with E-state index in [0.717, 1.165) is 6.42 Å². The molecular weight excluding hydrogens is 164 g/mol. The van der Waals surface area contributed by atoms with Gasteiger partial charge in [0.25, 0.3) is 0 Å². The molecule has 1 saturated heterocycles. The molecule has 1 spiro atoms. The lowest BCUT2D eigenvalue weighted by molar-refractivity contribution is -0.120. The van der Waals surface area contributed by atoms with Gasteiger partial charge in [0.15, 0.2) is 0 Å². The largest absolute Gasteiger partial charge is 0.358 e. The number of fused-ring (bicyclic) bond motifs is 2. The van der Waals surface area contributed by atoms with Gasteiger partial charge in [-0.15, -0.1) is 0 Å². The Balaban J connectivity index is 1.97. The lowest BCUT2D eigenvalue weighted by atomic mass is 9.91. The van der Waals surface area contributed by atoms with E-state index >= 15 is 0 Å². The summed E-state index contributed by atoms with van der Waals surface area (Å²) in [4.78, 5) is 11.4. The SMILES string of the molecule is CC(=O)C12C=CC3(OC3(C)C)C1C2. The second-order valence-electron chi connectivity index (χ2n) is 5.09. The van der Waals surface area contributed by atoms with E-state index in [1.807, 2.05) is 0 Å². The molecule has 70 valence electrons. The van der Waals surface area contributed by atoms with Crippen molar-refractivity contribution >= 4 is 5.78 Å². The van der Waals surface area contributed by atoms with E-state index in [1.165, 1.54) is 0 Å². The fourth-order valence-electron chi connectivity index (χ4n) is 3.01. The number of epoxide rings is 1. The highest BCUT2D eigenvalue weighted by atomic mass is 16.6. The molecule has 2 aliphatic carbocycles. The second kappa shape index (κ2) is 1.63. The smallest absolute Gasteiger partial charge is 0.140 e. The molecule has 1 saturated carbocycles. The van der Waals surface area contributed by atoms with Gasteiger partial charge in [-0.1, -0.05) is 12.2 Å². The number of rotatable bonds is 1. The van der Waals surface area contributed by atoms with Crippen LogP contribution in [0.1, 0.15) is 27.2 Å². The van der Waals surface area contributed by atoms with E-state index in [9.17, 15) is 4.79 Å². The number of ether oxygens (including phenoxy) is 1. The molecule has 0 aromatic heterocycles. The maximum absolute atomic E-state index is 11.4. The highest BCUT2D eigenvalue weighted by Crippen LogP contribution is 2.74. The Morgan fingerprint density at radius 1 is 1.46 bits per heavy atom. The van der Waals surface area contributed by atoms with E-state index in [2.05, 4.69) is 26.0 Å². The molecule has 3 rings (SSSR count). The van der Waals surface area contributed by atoms with Gasteiger partial charge in [0.1, 0.15) is 11.4 Å². The summed E-state index contributed by atoms with van der Waals surface area (Å²) in [7, 11) is 0. The van der Waals surface area contributed by atoms with Crippen LogP contribution < -0.4 is 0 Å². The first-order chi connectivity index (χ1) is 5.95. The van der Waals surface area contributed by atoms with E-state index in [0.29, 0.717) is 11.7 Å². The highest BCUT2D eigenvalue weighted by molar-refractivity contribution is 5.90. The van der Waals surface area contributed by atoms with Crippen molar-refractivity contribution in [1.29, 1.82) is 0 Å². The van der Waals surface area contributed by atoms with Gasteiger partial charge >= 0.3 is 0 Å². The van der Waals surface area contributed by atoms with Crippen LogP contribution in [0, 0.1) is 11.3 Å². The zero-order chi connectivity index (χ0) is 9.48. The molecule has 2 heteroatoms. The predicted molar refractivity (Wildman–Crippen MR) is 48.3 cm³/mol. The minimum Gasteiger partial charge on any atom is -0.358 e. The molecule has 13 heavy (non-hydrogen) atoms. The second-order valence-corrected chi connectivity index (χ2v) is 5.09. The summed E-state index contributed by atoms with van der Waals surface area (Å²) in [6, 6.07) is 0. The van der Waals surface area contributed by atoms with E-state index < -0.39 is 0 Å². The number of hydrogen-bond donors (Lipinski definition) is 0. The molecule has 0 aromatic carbocycles. The maximum Gasteiger partial charge on any atom is 0.140 e. The molecule has 3 atom stereocenters. The Morgan fingerprint density at radius 2 is 2.08 bits per heavy atom. The quantitative estimate of drug-likeness (QED) is 0.452. The van der Waals surface area contributed by atoms with Gasteiger partial charge in [0, 0.05) is 5.92 Å². The Kier molecular flexibility index (Phi) is 0.972. The molecule has 2 fully saturated rings. The molecule has 3 aliphatic rings. The molecule has 1 heterocycles. The van der Waals surface area contributed by atoms with Gasteiger partial charge < -0.3 is 4.74 Å². The minimum absolute atomic E-state index is 0.0398. The highest BCUT2D eigenvalue weighted by Gasteiger charge is 2.80. The Hall–Kier alpha value is -0.630. The number of allylic oxidation sites excluding steroid dienone is 1. The molecule has 0 bridgehead atoms. The zero-order valence-corrected chi connectivity index (χ0v) is 8.26. The van der Waals surface area contributed by atoms with Crippen molar-refractivity contribution in [2.75, 3.05) is 0 Å². The van der Waals surface area contributed by atoms with Crippen LogP contribution in [0.5, 0.6) is 0 Å². The lowest BCUT2D eigenvalue weighted by Gasteiger charge is -2.05. The van der Waals surface area contributed by atoms with E-state index in [4.69, 9.17) is 4.74 Å². The van der Waals surface area contributed by atoms with Crippen molar-refractivity contribution in [2.24, 2.45) is 11.3 Å². The van der Waals surface area contributed by atoms with Crippen LogP contribution in [0.2, 0.25) is 0 Å². The third-order valence-electron chi connectivity index (χ3n) is 4.13. The number of Topliss-reactive ketones (excluding diaryl/α,β-unsaturated/α-hetero) is 1. The summed E-state index contributed by atoms with van der Waals surface area (Å²) in [5, 5.41) is 0. The first-order valence-corrected chi connectivity index (χ1v) is 4.86. The molecule has 1 aliphatic heterocycles. The molecule has 0 amide bonds. The van der Waals surface area contributed by atoms with Crippen LogP contribution in [0.15, 0.2) is 12.2 Å². The third kappa shape index (κ3) is 0.613. The number of carbonyl (C=O) groups excluding carboxylic acids is 1. The Morgan fingerprint density at radius 3 is 2.31 bits per heavy atom. The topological polar surface area (TPSA) is 29.6 Å². The summed E-state index contributed by atoms with van der Waals surface area (Å²) in [5.41, 5.74) is -0.256. The van der Waals surface area contributed by atoms with E-state index in [1.54, 1.807) is 6.92 Å². The van der Waals surface area contributed by atoms with E-state index in [-0.39, 0.29) is 16.6 Å². The van der Waals surface area contributed by atoms with Crippen molar-refractivity contribution in [3.05, 3.63) is 12.2 Å². The summed E-state index contributed by atoms with van der Waals surface area (Å²) in [6.07, 6.45) is 5.19.